The first-order chi connectivity index (χ1) is 7.98. The zero-order chi connectivity index (χ0) is 13.1. The highest BCUT2D eigenvalue weighted by Gasteiger charge is 2.55. The molecule has 0 aromatic carbocycles. The second-order valence-corrected chi connectivity index (χ2v) is 5.17. The molecule has 0 heterocycles. The van der Waals surface area contributed by atoms with Crippen LogP contribution in [0.4, 0.5) is 0 Å². The summed E-state index contributed by atoms with van der Waals surface area (Å²) in [5, 5.41) is 10.6. The average Bonchev–Trinajstić information content (AvgIpc) is 2.37. The first-order valence-electron chi connectivity index (χ1n) is 5.70. The Balaban J connectivity index is 3.32. The van der Waals surface area contributed by atoms with Crippen molar-refractivity contribution in [3.8, 4) is 0 Å². The van der Waals surface area contributed by atoms with E-state index in [0.717, 1.165) is 0 Å². The zero-order valence-electron chi connectivity index (χ0n) is 10.0. The van der Waals surface area contributed by atoms with Crippen molar-refractivity contribution in [2.24, 2.45) is 5.41 Å². The molecule has 1 aliphatic carbocycles. The third-order valence-corrected chi connectivity index (χ3v) is 4.49. The minimum absolute atomic E-state index is 0.206. The van der Waals surface area contributed by atoms with Crippen molar-refractivity contribution in [2.45, 2.75) is 37.1 Å². The summed E-state index contributed by atoms with van der Waals surface area (Å²) in [5.74, 6) is -0.309. The van der Waals surface area contributed by atoms with Crippen LogP contribution < -0.4 is 0 Å². The van der Waals surface area contributed by atoms with Gasteiger partial charge >= 0.3 is 0 Å². The fraction of sp³-hybridized carbons (Fsp3) is 0.538. The molecule has 0 fully saturated rings. The molecule has 0 bridgehead atoms. The van der Waals surface area contributed by atoms with Gasteiger partial charge in [0.1, 0.15) is 11.9 Å². The summed E-state index contributed by atoms with van der Waals surface area (Å²) in [6.07, 6.45) is 7.93. The van der Waals surface area contributed by atoms with E-state index in [1.54, 1.807) is 38.2 Å². The lowest BCUT2D eigenvalue weighted by Gasteiger charge is -2.43. The largest absolute Gasteiger partial charge is 0.381 e. The first-order valence-corrected chi connectivity index (χ1v) is 6.62. The van der Waals surface area contributed by atoms with Gasteiger partial charge in [-0.25, -0.2) is 0 Å². The van der Waals surface area contributed by atoms with Crippen LogP contribution in [0.5, 0.6) is 0 Å². The molecule has 0 radical (unpaired) electrons. The molecule has 1 N–H and O–H groups in total. The number of ketones is 1. The summed E-state index contributed by atoms with van der Waals surface area (Å²) in [6.45, 7) is 3.40. The van der Waals surface area contributed by atoms with Crippen LogP contribution in [0.3, 0.4) is 0 Å². The van der Waals surface area contributed by atoms with E-state index in [4.69, 9.17) is 0 Å². The van der Waals surface area contributed by atoms with Crippen LogP contribution in [0.15, 0.2) is 24.3 Å². The van der Waals surface area contributed by atoms with Gasteiger partial charge in [0.15, 0.2) is 5.78 Å². The van der Waals surface area contributed by atoms with Crippen LogP contribution in [0.2, 0.25) is 0 Å². The van der Waals surface area contributed by atoms with E-state index in [1.165, 1.54) is 0 Å². The standard InChI is InChI=1S/C13H17BrO3/c1-3-11(16)13(17,4-2)12(9-15)8-6-5-7-10(12)14/h5-10,17H,3-4H2,1-2H3/t10-,12+,13-/m1/s1. The summed E-state index contributed by atoms with van der Waals surface area (Å²) < 4.78 is 0. The van der Waals surface area contributed by atoms with Gasteiger partial charge in [-0.2, -0.15) is 0 Å². The van der Waals surface area contributed by atoms with E-state index >= 15 is 0 Å². The number of allylic oxidation sites excluding steroid dienone is 3. The molecular weight excluding hydrogens is 284 g/mol. The van der Waals surface area contributed by atoms with Crippen molar-refractivity contribution in [1.29, 1.82) is 0 Å². The third-order valence-electron chi connectivity index (χ3n) is 3.42. The van der Waals surface area contributed by atoms with Crippen LogP contribution in [-0.2, 0) is 9.59 Å². The summed E-state index contributed by atoms with van der Waals surface area (Å²) in [5.41, 5.74) is -2.87. The summed E-state index contributed by atoms with van der Waals surface area (Å²) in [4.78, 5) is 23.1. The quantitative estimate of drug-likeness (QED) is 0.625. The normalized spacial score (nSPS) is 30.9. The first kappa shape index (κ1) is 14.3. The lowest BCUT2D eigenvalue weighted by Crippen LogP contribution is -2.58. The molecule has 94 valence electrons. The van der Waals surface area contributed by atoms with Crippen molar-refractivity contribution in [3.63, 3.8) is 0 Å². The molecule has 3 atom stereocenters. The minimum atomic E-state index is -1.65. The molecule has 0 spiro atoms. The maximum atomic E-state index is 12.0. The van der Waals surface area contributed by atoms with Crippen LogP contribution >= 0.6 is 15.9 Å². The Hall–Kier alpha value is -0.740. The van der Waals surface area contributed by atoms with E-state index in [9.17, 15) is 14.7 Å². The molecular formula is C13H17BrO3. The maximum absolute atomic E-state index is 12.0. The molecule has 0 aliphatic heterocycles. The minimum Gasteiger partial charge on any atom is -0.381 e. The van der Waals surface area contributed by atoms with Gasteiger partial charge in [0.2, 0.25) is 0 Å². The van der Waals surface area contributed by atoms with Gasteiger partial charge in [0.05, 0.1) is 10.2 Å². The van der Waals surface area contributed by atoms with Gasteiger partial charge in [-0.15, -0.1) is 0 Å². The Morgan fingerprint density at radius 3 is 2.59 bits per heavy atom. The maximum Gasteiger partial charge on any atom is 0.165 e. The summed E-state index contributed by atoms with van der Waals surface area (Å²) >= 11 is 3.36. The fourth-order valence-electron chi connectivity index (χ4n) is 2.23. The molecule has 0 saturated heterocycles. The van der Waals surface area contributed by atoms with E-state index in [0.29, 0.717) is 6.29 Å². The van der Waals surface area contributed by atoms with Crippen LogP contribution in [0.1, 0.15) is 26.7 Å². The monoisotopic (exact) mass is 300 g/mol. The van der Waals surface area contributed by atoms with Crippen molar-refractivity contribution >= 4 is 28.0 Å². The van der Waals surface area contributed by atoms with E-state index in [-0.39, 0.29) is 23.5 Å². The lowest BCUT2D eigenvalue weighted by atomic mass is 9.65. The molecule has 0 aromatic rings. The lowest BCUT2D eigenvalue weighted by molar-refractivity contribution is -0.153. The molecule has 0 saturated carbocycles. The molecule has 0 aromatic heterocycles. The third kappa shape index (κ3) is 2.04. The van der Waals surface area contributed by atoms with Crippen LogP contribution in [0.25, 0.3) is 0 Å². The van der Waals surface area contributed by atoms with Crippen molar-refractivity contribution in [3.05, 3.63) is 24.3 Å². The zero-order valence-corrected chi connectivity index (χ0v) is 11.6. The summed E-state index contributed by atoms with van der Waals surface area (Å²) in [6, 6.07) is 0. The van der Waals surface area contributed by atoms with Gasteiger partial charge in [0.25, 0.3) is 0 Å². The van der Waals surface area contributed by atoms with Gasteiger partial charge in [0, 0.05) is 6.42 Å². The molecule has 17 heavy (non-hydrogen) atoms. The number of carbonyl (C=O) groups is 2. The molecule has 4 heteroatoms. The molecule has 0 unspecified atom stereocenters. The van der Waals surface area contributed by atoms with Gasteiger partial charge in [-0.05, 0) is 6.42 Å². The Morgan fingerprint density at radius 1 is 1.53 bits per heavy atom. The summed E-state index contributed by atoms with van der Waals surface area (Å²) in [7, 11) is 0. The van der Waals surface area contributed by atoms with Crippen molar-refractivity contribution < 1.29 is 14.7 Å². The average molecular weight is 301 g/mol. The highest BCUT2D eigenvalue weighted by atomic mass is 79.9. The molecule has 0 amide bonds. The van der Waals surface area contributed by atoms with Crippen molar-refractivity contribution in [1.82, 2.24) is 0 Å². The molecule has 1 aliphatic rings. The van der Waals surface area contributed by atoms with Gasteiger partial charge in [-0.3, -0.25) is 4.79 Å². The highest BCUT2D eigenvalue weighted by Crippen LogP contribution is 2.44. The van der Waals surface area contributed by atoms with Gasteiger partial charge in [-0.1, -0.05) is 54.1 Å². The number of hydrogen-bond donors (Lipinski definition) is 1. The topological polar surface area (TPSA) is 54.4 Å². The Kier molecular flexibility index (Phi) is 4.44. The van der Waals surface area contributed by atoms with E-state index in [2.05, 4.69) is 15.9 Å². The number of hydrogen-bond acceptors (Lipinski definition) is 3. The number of rotatable bonds is 5. The Morgan fingerprint density at radius 2 is 2.18 bits per heavy atom. The smallest absolute Gasteiger partial charge is 0.165 e. The van der Waals surface area contributed by atoms with Crippen molar-refractivity contribution in [2.75, 3.05) is 0 Å². The Bertz CT molecular complexity index is 375. The fourth-order valence-corrected chi connectivity index (χ4v) is 3.05. The predicted octanol–water partition coefficient (Wildman–Crippen LogP) is 2.18. The predicted molar refractivity (Wildman–Crippen MR) is 70.0 cm³/mol. The van der Waals surface area contributed by atoms with Gasteiger partial charge < -0.3 is 9.90 Å². The number of carbonyl (C=O) groups excluding carboxylic acids is 2. The molecule has 1 rings (SSSR count). The highest BCUT2D eigenvalue weighted by molar-refractivity contribution is 9.09. The number of aldehydes is 1. The molecule has 3 nitrogen and oxygen atoms in total. The SMILES string of the molecule is CCC(=O)[C@](O)(CC)[C@]1(C=O)C=CC=C[C@H]1Br. The second-order valence-electron chi connectivity index (χ2n) is 4.19. The Labute approximate surface area is 110 Å². The van der Waals surface area contributed by atoms with Crippen LogP contribution in [0, 0.1) is 5.41 Å². The number of alkyl halides is 1. The number of aliphatic hydroxyl groups is 1. The number of Topliss-reactive ketones (excluding diaryl/α,β-unsaturated/α-hetero) is 1. The van der Waals surface area contributed by atoms with E-state index < -0.39 is 11.0 Å². The second kappa shape index (κ2) is 5.27. The van der Waals surface area contributed by atoms with E-state index in [1.807, 2.05) is 0 Å². The van der Waals surface area contributed by atoms with Crippen LogP contribution in [-0.4, -0.2) is 27.6 Å². The number of halogens is 1.